The van der Waals surface area contributed by atoms with E-state index in [1.165, 1.54) is 15.6 Å². The highest BCUT2D eigenvalue weighted by atomic mass is 35.5. The molecule has 0 aliphatic heterocycles. The molecule has 1 heterocycles. The van der Waals surface area contributed by atoms with E-state index in [0.717, 1.165) is 10.4 Å². The Kier molecular flexibility index (Phi) is 6.94. The number of aryl methyl sites for hydroxylation is 1. The zero-order chi connectivity index (χ0) is 15.3. The van der Waals surface area contributed by atoms with Crippen LogP contribution in [0.1, 0.15) is 24.3 Å². The van der Waals surface area contributed by atoms with Gasteiger partial charge in [0.2, 0.25) is 0 Å². The molecule has 1 rings (SSSR count). The second kappa shape index (κ2) is 7.75. The third-order valence-corrected chi connectivity index (χ3v) is 6.80. The van der Waals surface area contributed by atoms with E-state index in [1.54, 1.807) is 13.2 Å². The van der Waals surface area contributed by atoms with Crippen LogP contribution in [0.4, 0.5) is 0 Å². The number of ether oxygens (including phenoxy) is 1. The molecule has 0 spiro atoms. The molecule has 0 N–H and O–H groups in total. The quantitative estimate of drug-likeness (QED) is 0.684. The predicted octanol–water partition coefficient (Wildman–Crippen LogP) is 3.09. The van der Waals surface area contributed by atoms with Crippen LogP contribution < -0.4 is 0 Å². The van der Waals surface area contributed by atoms with Crippen LogP contribution in [0.15, 0.2) is 10.3 Å². The minimum atomic E-state index is -3.47. The predicted molar refractivity (Wildman–Crippen MR) is 84.1 cm³/mol. The molecular weight excluding hydrogens is 318 g/mol. The average molecular weight is 340 g/mol. The largest absolute Gasteiger partial charge is 0.383 e. The molecule has 0 unspecified atom stereocenters. The van der Waals surface area contributed by atoms with Crippen LogP contribution >= 0.6 is 22.9 Å². The standard InChI is InChI=1S/C13H22ClNO3S2/c1-10(2)9-15(5-6-18-4)20(16,17)13-7-11(3)12(8-14)19-13/h7,10H,5-6,8-9H2,1-4H3. The smallest absolute Gasteiger partial charge is 0.252 e. The van der Waals surface area contributed by atoms with Crippen molar-refractivity contribution in [3.8, 4) is 0 Å². The molecule has 7 heteroatoms. The molecule has 1 aromatic rings. The fraction of sp³-hybridized carbons (Fsp3) is 0.692. The molecule has 0 aliphatic rings. The Labute approximate surface area is 130 Å². The molecule has 1 aromatic heterocycles. The summed E-state index contributed by atoms with van der Waals surface area (Å²) in [6, 6.07) is 1.71. The molecule has 0 bridgehead atoms. The summed E-state index contributed by atoms with van der Waals surface area (Å²) in [6.07, 6.45) is 0. The van der Waals surface area contributed by atoms with E-state index in [0.29, 0.717) is 29.8 Å². The lowest BCUT2D eigenvalue weighted by Gasteiger charge is -2.22. The van der Waals surface area contributed by atoms with Gasteiger partial charge in [-0.05, 0) is 24.5 Å². The van der Waals surface area contributed by atoms with Crippen molar-refractivity contribution in [2.24, 2.45) is 5.92 Å². The van der Waals surface area contributed by atoms with Crippen molar-refractivity contribution in [1.29, 1.82) is 0 Å². The monoisotopic (exact) mass is 339 g/mol. The maximum absolute atomic E-state index is 12.7. The van der Waals surface area contributed by atoms with Gasteiger partial charge in [-0.2, -0.15) is 4.31 Å². The topological polar surface area (TPSA) is 46.6 Å². The Bertz CT molecular complexity index is 526. The Morgan fingerprint density at radius 2 is 2.10 bits per heavy atom. The second-order valence-electron chi connectivity index (χ2n) is 5.05. The van der Waals surface area contributed by atoms with Gasteiger partial charge in [-0.3, -0.25) is 0 Å². The van der Waals surface area contributed by atoms with Crippen molar-refractivity contribution in [2.45, 2.75) is 30.9 Å². The van der Waals surface area contributed by atoms with Crippen LogP contribution in [-0.4, -0.2) is 39.5 Å². The maximum Gasteiger partial charge on any atom is 0.252 e. The number of thiophene rings is 1. The van der Waals surface area contributed by atoms with Crippen molar-refractivity contribution in [1.82, 2.24) is 4.31 Å². The molecule has 0 amide bonds. The minimum Gasteiger partial charge on any atom is -0.383 e. The van der Waals surface area contributed by atoms with Crippen molar-refractivity contribution in [3.63, 3.8) is 0 Å². The lowest BCUT2D eigenvalue weighted by molar-refractivity contribution is 0.175. The summed E-state index contributed by atoms with van der Waals surface area (Å²) in [6.45, 7) is 7.12. The zero-order valence-electron chi connectivity index (χ0n) is 12.3. The fourth-order valence-corrected chi connectivity index (χ4v) is 5.34. The first-order valence-corrected chi connectivity index (χ1v) is 9.26. The summed E-state index contributed by atoms with van der Waals surface area (Å²) in [4.78, 5) is 0.904. The number of halogens is 1. The van der Waals surface area contributed by atoms with Gasteiger partial charge in [-0.25, -0.2) is 8.42 Å². The first-order valence-electron chi connectivity index (χ1n) is 6.47. The molecular formula is C13H22ClNO3S2. The highest BCUT2D eigenvalue weighted by Crippen LogP contribution is 2.29. The number of methoxy groups -OCH3 is 1. The van der Waals surface area contributed by atoms with Crippen molar-refractivity contribution in [2.75, 3.05) is 26.8 Å². The van der Waals surface area contributed by atoms with Crippen molar-refractivity contribution >= 4 is 33.0 Å². The van der Waals surface area contributed by atoms with Gasteiger partial charge in [0.25, 0.3) is 10.0 Å². The van der Waals surface area contributed by atoms with E-state index >= 15 is 0 Å². The van der Waals surface area contributed by atoms with E-state index in [9.17, 15) is 8.42 Å². The lowest BCUT2D eigenvalue weighted by Crippen LogP contribution is -2.36. The second-order valence-corrected chi connectivity index (χ2v) is 8.62. The summed E-state index contributed by atoms with van der Waals surface area (Å²) in [5, 5.41) is 0. The van der Waals surface area contributed by atoms with Gasteiger partial charge in [0.15, 0.2) is 0 Å². The van der Waals surface area contributed by atoms with E-state index in [-0.39, 0.29) is 5.92 Å². The number of sulfonamides is 1. The maximum atomic E-state index is 12.7. The summed E-state index contributed by atoms with van der Waals surface area (Å²) < 4.78 is 32.3. The van der Waals surface area contributed by atoms with Gasteiger partial charge < -0.3 is 4.74 Å². The first-order chi connectivity index (χ1) is 9.32. The lowest BCUT2D eigenvalue weighted by atomic mass is 10.2. The van der Waals surface area contributed by atoms with Crippen LogP contribution in [0, 0.1) is 12.8 Å². The minimum absolute atomic E-state index is 0.259. The van der Waals surface area contributed by atoms with E-state index in [4.69, 9.17) is 16.3 Å². The molecule has 0 saturated heterocycles. The van der Waals surface area contributed by atoms with E-state index < -0.39 is 10.0 Å². The third-order valence-electron chi connectivity index (χ3n) is 2.83. The van der Waals surface area contributed by atoms with Crippen LogP contribution in [0.5, 0.6) is 0 Å². The fourth-order valence-electron chi connectivity index (χ4n) is 1.79. The van der Waals surface area contributed by atoms with Crippen LogP contribution in [0.2, 0.25) is 0 Å². The highest BCUT2D eigenvalue weighted by Gasteiger charge is 2.27. The molecule has 0 fully saturated rings. The van der Waals surface area contributed by atoms with Crippen LogP contribution in [0.25, 0.3) is 0 Å². The molecule has 116 valence electrons. The van der Waals surface area contributed by atoms with Gasteiger partial charge in [-0.15, -0.1) is 22.9 Å². The molecule has 0 radical (unpaired) electrons. The van der Waals surface area contributed by atoms with Gasteiger partial charge in [-0.1, -0.05) is 13.8 Å². The summed E-state index contributed by atoms with van der Waals surface area (Å²) in [5.41, 5.74) is 0.930. The van der Waals surface area contributed by atoms with Gasteiger partial charge in [0.05, 0.1) is 12.5 Å². The molecule has 0 aromatic carbocycles. The Morgan fingerprint density at radius 3 is 2.55 bits per heavy atom. The first kappa shape index (κ1) is 17.9. The summed E-state index contributed by atoms with van der Waals surface area (Å²) >= 11 is 7.08. The number of nitrogens with zero attached hydrogens (tertiary/aromatic N) is 1. The molecule has 0 atom stereocenters. The van der Waals surface area contributed by atoms with Gasteiger partial charge in [0, 0.05) is 25.1 Å². The molecule has 0 saturated carbocycles. The normalized spacial score (nSPS) is 12.6. The van der Waals surface area contributed by atoms with Crippen LogP contribution in [0.3, 0.4) is 0 Å². The zero-order valence-corrected chi connectivity index (χ0v) is 14.7. The SMILES string of the molecule is COCCN(CC(C)C)S(=O)(=O)c1cc(C)c(CCl)s1. The Hall–Kier alpha value is -0.140. The third kappa shape index (κ3) is 4.43. The molecule has 4 nitrogen and oxygen atoms in total. The van der Waals surface area contributed by atoms with E-state index in [2.05, 4.69) is 0 Å². The average Bonchev–Trinajstić information content (AvgIpc) is 2.75. The van der Waals surface area contributed by atoms with Crippen molar-refractivity contribution < 1.29 is 13.2 Å². The van der Waals surface area contributed by atoms with Gasteiger partial charge in [0.1, 0.15) is 4.21 Å². The van der Waals surface area contributed by atoms with Crippen LogP contribution in [-0.2, 0) is 20.6 Å². The number of hydrogen-bond acceptors (Lipinski definition) is 4. The molecule has 0 aliphatic carbocycles. The summed E-state index contributed by atoms with van der Waals surface area (Å²) in [5.74, 6) is 0.601. The summed E-state index contributed by atoms with van der Waals surface area (Å²) in [7, 11) is -1.90. The van der Waals surface area contributed by atoms with Gasteiger partial charge >= 0.3 is 0 Å². The number of alkyl halides is 1. The highest BCUT2D eigenvalue weighted by molar-refractivity contribution is 7.91. The Balaban J connectivity index is 3.07. The van der Waals surface area contributed by atoms with Crippen molar-refractivity contribution in [3.05, 3.63) is 16.5 Å². The van der Waals surface area contributed by atoms with E-state index in [1.807, 2.05) is 20.8 Å². The Morgan fingerprint density at radius 1 is 1.45 bits per heavy atom. The number of rotatable bonds is 8. The number of hydrogen-bond donors (Lipinski definition) is 0. The molecule has 20 heavy (non-hydrogen) atoms.